The minimum Gasteiger partial charge on any atom is -0.481 e. The van der Waals surface area contributed by atoms with E-state index < -0.39 is 28.6 Å². The van der Waals surface area contributed by atoms with E-state index in [4.69, 9.17) is 5.11 Å². The van der Waals surface area contributed by atoms with E-state index in [0.29, 0.717) is 0 Å². The first kappa shape index (κ1) is 17.4. The number of sulfonamides is 1. The van der Waals surface area contributed by atoms with E-state index in [1.54, 1.807) is 0 Å². The summed E-state index contributed by atoms with van der Waals surface area (Å²) < 4.78 is 61.5. The van der Waals surface area contributed by atoms with Crippen LogP contribution in [0.3, 0.4) is 0 Å². The molecule has 1 N–H and O–H groups in total. The highest BCUT2D eigenvalue weighted by atomic mass is 32.2. The Kier molecular flexibility index (Phi) is 5.35. The van der Waals surface area contributed by atoms with Crippen LogP contribution in [0.25, 0.3) is 0 Å². The summed E-state index contributed by atoms with van der Waals surface area (Å²) in [6, 6.07) is 4.33. The Morgan fingerprint density at radius 1 is 1.24 bits per heavy atom. The van der Waals surface area contributed by atoms with Crippen molar-refractivity contribution >= 4 is 16.0 Å². The zero-order valence-corrected chi connectivity index (χ0v) is 11.9. The molecule has 0 unspecified atom stereocenters. The second-order valence-corrected chi connectivity index (χ2v) is 6.45. The zero-order valence-electron chi connectivity index (χ0n) is 11.1. The maximum Gasteiger partial charge on any atom is 0.393 e. The van der Waals surface area contributed by atoms with Crippen LogP contribution in [0.2, 0.25) is 0 Å². The monoisotopic (exact) mass is 325 g/mol. The van der Waals surface area contributed by atoms with E-state index in [-0.39, 0.29) is 23.4 Å². The van der Waals surface area contributed by atoms with Crippen molar-refractivity contribution in [1.82, 2.24) is 4.31 Å². The van der Waals surface area contributed by atoms with E-state index in [2.05, 4.69) is 0 Å². The molecule has 1 rings (SSSR count). The van der Waals surface area contributed by atoms with E-state index in [0.717, 1.165) is 28.6 Å². The van der Waals surface area contributed by atoms with Crippen molar-refractivity contribution < 1.29 is 31.5 Å². The van der Waals surface area contributed by atoms with Gasteiger partial charge in [-0.05, 0) is 17.7 Å². The molecule has 0 spiro atoms. The number of halogens is 3. The van der Waals surface area contributed by atoms with Gasteiger partial charge in [-0.3, -0.25) is 4.79 Å². The van der Waals surface area contributed by atoms with Crippen molar-refractivity contribution in [2.75, 3.05) is 13.6 Å². The second-order valence-electron chi connectivity index (χ2n) is 4.41. The molecule has 0 amide bonds. The lowest BCUT2D eigenvalue weighted by Gasteiger charge is -2.16. The highest BCUT2D eigenvalue weighted by molar-refractivity contribution is 7.89. The predicted octanol–water partition coefficient (Wildman–Crippen LogP) is 1.89. The fourth-order valence-corrected chi connectivity index (χ4v) is 2.74. The average molecular weight is 325 g/mol. The van der Waals surface area contributed by atoms with E-state index in [1.165, 1.54) is 7.05 Å². The van der Waals surface area contributed by atoms with Crippen molar-refractivity contribution in [2.45, 2.75) is 23.9 Å². The number of nitrogens with zero attached hydrogens (tertiary/aromatic N) is 1. The molecule has 0 heterocycles. The number of rotatable bonds is 6. The number of hydrogen-bond acceptors (Lipinski definition) is 3. The number of alkyl halides is 3. The number of carboxylic acids is 1. The smallest absolute Gasteiger partial charge is 0.393 e. The van der Waals surface area contributed by atoms with Gasteiger partial charge in [0, 0.05) is 13.6 Å². The molecule has 1 aromatic carbocycles. The number of carboxylic acid groups (broad SMARTS) is 1. The molecule has 0 saturated heterocycles. The molecule has 0 bridgehead atoms. The Balaban J connectivity index is 2.87. The van der Waals surface area contributed by atoms with Crippen molar-refractivity contribution in [1.29, 1.82) is 0 Å². The largest absolute Gasteiger partial charge is 0.481 e. The Labute approximate surface area is 120 Å². The van der Waals surface area contributed by atoms with Gasteiger partial charge in [0.1, 0.15) is 0 Å². The summed E-state index contributed by atoms with van der Waals surface area (Å²) in [4.78, 5) is 10.2. The summed E-state index contributed by atoms with van der Waals surface area (Å²) in [7, 11) is -2.70. The number of benzene rings is 1. The molecular formula is C12H14F3NO4S. The lowest BCUT2D eigenvalue weighted by atomic mass is 10.1. The first-order valence-electron chi connectivity index (χ1n) is 5.86. The SMILES string of the molecule is CN(CCC(=O)O)S(=O)(=O)c1ccc(CC(F)(F)F)cc1. The van der Waals surface area contributed by atoms with Gasteiger partial charge >= 0.3 is 12.1 Å². The molecule has 9 heteroatoms. The highest BCUT2D eigenvalue weighted by Crippen LogP contribution is 2.23. The number of carbonyl (C=O) groups is 1. The molecule has 0 aliphatic rings. The summed E-state index contributed by atoms with van der Waals surface area (Å²) in [5.41, 5.74) is -0.0466. The quantitative estimate of drug-likeness (QED) is 0.867. The topological polar surface area (TPSA) is 74.7 Å². The molecule has 1 aromatic rings. The van der Waals surface area contributed by atoms with Crippen molar-refractivity contribution in [3.05, 3.63) is 29.8 Å². The van der Waals surface area contributed by atoms with Crippen LogP contribution in [0.15, 0.2) is 29.2 Å². The van der Waals surface area contributed by atoms with E-state index >= 15 is 0 Å². The first-order valence-corrected chi connectivity index (χ1v) is 7.30. The van der Waals surface area contributed by atoms with Gasteiger partial charge in [0.15, 0.2) is 0 Å². The molecule has 21 heavy (non-hydrogen) atoms. The lowest BCUT2D eigenvalue weighted by Crippen LogP contribution is -2.29. The predicted molar refractivity (Wildman–Crippen MR) is 68.3 cm³/mol. The Morgan fingerprint density at radius 3 is 2.19 bits per heavy atom. The molecule has 0 fully saturated rings. The van der Waals surface area contributed by atoms with Crippen LogP contribution in [0.4, 0.5) is 13.2 Å². The molecular weight excluding hydrogens is 311 g/mol. The van der Waals surface area contributed by atoms with Gasteiger partial charge in [0.05, 0.1) is 17.7 Å². The van der Waals surface area contributed by atoms with Crippen molar-refractivity contribution in [2.24, 2.45) is 0 Å². The third kappa shape index (κ3) is 5.35. The molecule has 0 aliphatic heterocycles. The van der Waals surface area contributed by atoms with Crippen molar-refractivity contribution in [3.8, 4) is 0 Å². The van der Waals surface area contributed by atoms with Crippen LogP contribution in [0.1, 0.15) is 12.0 Å². The fourth-order valence-electron chi connectivity index (χ4n) is 1.56. The third-order valence-electron chi connectivity index (χ3n) is 2.68. The summed E-state index contributed by atoms with van der Waals surface area (Å²) in [5, 5.41) is 8.52. The van der Waals surface area contributed by atoms with Crippen LogP contribution >= 0.6 is 0 Å². The molecule has 0 saturated carbocycles. The zero-order chi connectivity index (χ0) is 16.3. The van der Waals surface area contributed by atoms with Crippen LogP contribution in [0.5, 0.6) is 0 Å². The van der Waals surface area contributed by atoms with Crippen LogP contribution in [-0.2, 0) is 21.2 Å². The minimum atomic E-state index is -4.36. The molecule has 0 atom stereocenters. The Bertz CT molecular complexity index is 596. The van der Waals surface area contributed by atoms with Gasteiger partial charge in [0.25, 0.3) is 0 Å². The van der Waals surface area contributed by atoms with Gasteiger partial charge in [-0.25, -0.2) is 12.7 Å². The molecule has 5 nitrogen and oxygen atoms in total. The fraction of sp³-hybridized carbons (Fsp3) is 0.417. The van der Waals surface area contributed by atoms with E-state index in [1.807, 2.05) is 0 Å². The third-order valence-corrected chi connectivity index (χ3v) is 4.55. The minimum absolute atomic E-state index is 0.0466. The summed E-state index contributed by atoms with van der Waals surface area (Å²) >= 11 is 0. The lowest BCUT2D eigenvalue weighted by molar-refractivity contribution is -0.137. The van der Waals surface area contributed by atoms with Gasteiger partial charge in [-0.15, -0.1) is 0 Å². The summed E-state index contributed by atoms with van der Waals surface area (Å²) in [6.45, 7) is -0.220. The Morgan fingerprint density at radius 2 is 1.76 bits per heavy atom. The number of aliphatic carboxylic acids is 1. The Hall–Kier alpha value is -1.61. The van der Waals surface area contributed by atoms with E-state index in [9.17, 15) is 26.4 Å². The first-order chi connectivity index (χ1) is 9.52. The van der Waals surface area contributed by atoms with Gasteiger partial charge in [-0.1, -0.05) is 12.1 Å². The van der Waals surface area contributed by atoms with Gasteiger partial charge in [-0.2, -0.15) is 13.2 Å². The standard InChI is InChI=1S/C12H14F3NO4S/c1-16(7-6-11(17)18)21(19,20)10-4-2-9(3-5-10)8-12(13,14)15/h2-5H,6-8H2,1H3,(H,17,18). The number of hydrogen-bond donors (Lipinski definition) is 1. The molecule has 0 aromatic heterocycles. The van der Waals surface area contributed by atoms with Crippen LogP contribution < -0.4 is 0 Å². The maximum absolute atomic E-state index is 12.2. The van der Waals surface area contributed by atoms with Crippen LogP contribution in [0, 0.1) is 0 Å². The van der Waals surface area contributed by atoms with Gasteiger partial charge < -0.3 is 5.11 Å². The highest BCUT2D eigenvalue weighted by Gasteiger charge is 2.28. The van der Waals surface area contributed by atoms with Crippen LogP contribution in [-0.4, -0.2) is 43.6 Å². The van der Waals surface area contributed by atoms with Gasteiger partial charge in [0.2, 0.25) is 10.0 Å². The molecule has 0 aliphatic carbocycles. The molecule has 0 radical (unpaired) electrons. The summed E-state index contributed by atoms with van der Waals surface area (Å²) in [5.74, 6) is -1.14. The average Bonchev–Trinajstić information content (AvgIpc) is 2.34. The second kappa shape index (κ2) is 6.44. The summed E-state index contributed by atoms with van der Waals surface area (Å²) in [6.07, 6.45) is -5.86. The molecule has 118 valence electrons. The van der Waals surface area contributed by atoms with Crippen molar-refractivity contribution in [3.63, 3.8) is 0 Å². The maximum atomic E-state index is 12.2. The normalized spacial score (nSPS) is 12.6.